The second-order valence-corrected chi connectivity index (χ2v) is 14.8. The van der Waals surface area contributed by atoms with E-state index in [9.17, 15) is 9.59 Å². The standard InChI is InChI=1S/C29H52ClN9O2/c1-19(2)38(15-13-36-17-26(5,6)34-28(9,10)21(36)40)24-31-23(30)32-25(33-24)39(20(3)4)16-14-37-18-27(7,8)35-29(11,12)22(37)41/h19-20,34-35H,13-18H2,1-12H3. The highest BCUT2D eigenvalue weighted by atomic mass is 35.5. The third-order valence-electron chi connectivity index (χ3n) is 7.68. The zero-order chi connectivity index (χ0) is 31.1. The molecule has 3 heterocycles. The van der Waals surface area contributed by atoms with Crippen LogP contribution in [0, 0.1) is 0 Å². The second-order valence-electron chi connectivity index (χ2n) is 14.5. The normalized spacial score (nSPS) is 21.5. The summed E-state index contributed by atoms with van der Waals surface area (Å²) in [4.78, 5) is 48.2. The number of nitrogens with zero attached hydrogens (tertiary/aromatic N) is 7. The van der Waals surface area contributed by atoms with Crippen molar-refractivity contribution in [2.75, 3.05) is 49.1 Å². The highest BCUT2D eigenvalue weighted by molar-refractivity contribution is 6.28. The number of anilines is 2. The van der Waals surface area contributed by atoms with Crippen LogP contribution in [-0.4, -0.2) is 110 Å². The van der Waals surface area contributed by atoms with Gasteiger partial charge in [-0.15, -0.1) is 0 Å². The van der Waals surface area contributed by atoms with E-state index in [0.717, 1.165) is 0 Å². The van der Waals surface area contributed by atoms with E-state index in [1.54, 1.807) is 0 Å². The minimum atomic E-state index is -0.637. The Morgan fingerprint density at radius 1 is 0.707 bits per heavy atom. The molecule has 0 aliphatic carbocycles. The van der Waals surface area contributed by atoms with Gasteiger partial charge in [-0.2, -0.15) is 15.0 Å². The molecule has 1 aromatic heterocycles. The minimum absolute atomic E-state index is 0.0655. The van der Waals surface area contributed by atoms with Crippen LogP contribution < -0.4 is 20.4 Å². The van der Waals surface area contributed by atoms with Crippen molar-refractivity contribution >= 4 is 35.3 Å². The molecule has 2 fully saturated rings. The molecular formula is C29H52ClN9O2. The van der Waals surface area contributed by atoms with E-state index >= 15 is 0 Å². The third-order valence-corrected chi connectivity index (χ3v) is 7.85. The number of rotatable bonds is 10. The Morgan fingerprint density at radius 2 is 1.05 bits per heavy atom. The molecule has 3 rings (SSSR count). The van der Waals surface area contributed by atoms with Gasteiger partial charge >= 0.3 is 0 Å². The molecule has 0 spiro atoms. The summed E-state index contributed by atoms with van der Waals surface area (Å²) in [5.41, 5.74) is -1.67. The smallest absolute Gasteiger partial charge is 0.242 e. The van der Waals surface area contributed by atoms with Crippen molar-refractivity contribution in [2.45, 2.75) is 117 Å². The summed E-state index contributed by atoms with van der Waals surface area (Å²) in [5.74, 6) is 1.11. The number of nitrogens with one attached hydrogen (secondary N) is 2. The van der Waals surface area contributed by atoms with Crippen molar-refractivity contribution in [1.82, 2.24) is 35.4 Å². The van der Waals surface area contributed by atoms with Gasteiger partial charge in [0.1, 0.15) is 0 Å². The Bertz CT molecular complexity index is 1040. The SMILES string of the molecule is CC(C)N(CCN1CC(C)(C)NC(C)(C)C1=O)c1nc(Cl)nc(N(CCN2CC(C)(C)NC(C)(C)C2=O)C(C)C)n1. The molecule has 232 valence electrons. The van der Waals surface area contributed by atoms with Crippen molar-refractivity contribution in [2.24, 2.45) is 0 Å². The molecule has 2 N–H and O–H groups in total. The summed E-state index contributed by atoms with van der Waals surface area (Å²) in [7, 11) is 0. The largest absolute Gasteiger partial charge is 0.338 e. The molecule has 0 saturated carbocycles. The minimum Gasteiger partial charge on any atom is -0.338 e. The summed E-state index contributed by atoms with van der Waals surface area (Å²) < 4.78 is 0. The first kappa shape index (κ1) is 33.3. The lowest BCUT2D eigenvalue weighted by atomic mass is 9.90. The van der Waals surface area contributed by atoms with E-state index in [0.29, 0.717) is 51.2 Å². The van der Waals surface area contributed by atoms with Crippen LogP contribution in [-0.2, 0) is 9.59 Å². The maximum atomic E-state index is 13.2. The molecule has 0 radical (unpaired) electrons. The predicted octanol–water partition coefficient (Wildman–Crippen LogP) is 2.93. The number of aromatic nitrogens is 3. The molecule has 0 unspecified atom stereocenters. The van der Waals surface area contributed by atoms with Gasteiger partial charge in [-0.1, -0.05) is 0 Å². The summed E-state index contributed by atoms with van der Waals surface area (Å²) in [6.45, 7) is 27.9. The Labute approximate surface area is 251 Å². The number of carbonyl (C=O) groups excluding carboxylic acids is 2. The lowest BCUT2D eigenvalue weighted by Crippen LogP contribution is -2.70. The van der Waals surface area contributed by atoms with Gasteiger partial charge in [0, 0.05) is 62.4 Å². The maximum absolute atomic E-state index is 13.2. The average molecular weight is 594 g/mol. The van der Waals surface area contributed by atoms with E-state index in [1.165, 1.54) is 0 Å². The van der Waals surface area contributed by atoms with Crippen LogP contribution in [0.5, 0.6) is 0 Å². The fourth-order valence-electron chi connectivity index (χ4n) is 6.35. The zero-order valence-electron chi connectivity index (χ0n) is 27.2. The maximum Gasteiger partial charge on any atom is 0.242 e. The van der Waals surface area contributed by atoms with E-state index in [-0.39, 0.29) is 40.3 Å². The molecule has 0 aromatic carbocycles. The monoisotopic (exact) mass is 593 g/mol. The number of halogens is 1. The summed E-state index contributed by atoms with van der Waals surface area (Å²) >= 11 is 6.48. The highest BCUT2D eigenvalue weighted by Gasteiger charge is 2.44. The summed E-state index contributed by atoms with van der Waals surface area (Å²) in [6.07, 6.45) is 0. The number of amides is 2. The first-order valence-electron chi connectivity index (χ1n) is 14.8. The molecule has 11 nitrogen and oxygen atoms in total. The lowest BCUT2D eigenvalue weighted by molar-refractivity contribution is -0.143. The van der Waals surface area contributed by atoms with Crippen molar-refractivity contribution < 1.29 is 9.59 Å². The van der Waals surface area contributed by atoms with Gasteiger partial charge in [0.05, 0.1) is 11.1 Å². The molecule has 0 atom stereocenters. The van der Waals surface area contributed by atoms with Gasteiger partial charge in [0.2, 0.25) is 29.0 Å². The second kappa shape index (κ2) is 11.8. The van der Waals surface area contributed by atoms with Crippen LogP contribution in [0.1, 0.15) is 83.1 Å². The number of hydrogen-bond acceptors (Lipinski definition) is 9. The van der Waals surface area contributed by atoms with Crippen LogP contribution in [0.3, 0.4) is 0 Å². The Kier molecular flexibility index (Phi) is 9.57. The summed E-state index contributed by atoms with van der Waals surface area (Å²) in [6, 6.07) is 0.131. The quantitative estimate of drug-likeness (QED) is 0.423. The molecule has 41 heavy (non-hydrogen) atoms. The lowest BCUT2D eigenvalue weighted by Gasteiger charge is -2.47. The van der Waals surface area contributed by atoms with Crippen LogP contribution in [0.15, 0.2) is 0 Å². The molecule has 0 bridgehead atoms. The first-order valence-corrected chi connectivity index (χ1v) is 15.1. The van der Waals surface area contributed by atoms with Gasteiger partial charge in [0.25, 0.3) is 0 Å². The van der Waals surface area contributed by atoms with Crippen LogP contribution in [0.25, 0.3) is 0 Å². The van der Waals surface area contributed by atoms with E-state index in [1.807, 2.05) is 37.5 Å². The zero-order valence-corrected chi connectivity index (χ0v) is 28.0. The Morgan fingerprint density at radius 3 is 1.37 bits per heavy atom. The average Bonchev–Trinajstić information content (AvgIpc) is 2.78. The van der Waals surface area contributed by atoms with Crippen LogP contribution in [0.2, 0.25) is 5.28 Å². The highest BCUT2D eigenvalue weighted by Crippen LogP contribution is 2.25. The van der Waals surface area contributed by atoms with Crippen LogP contribution >= 0.6 is 11.6 Å². The van der Waals surface area contributed by atoms with Gasteiger partial charge < -0.3 is 19.6 Å². The molecule has 2 amide bonds. The predicted molar refractivity (Wildman–Crippen MR) is 166 cm³/mol. The summed E-state index contributed by atoms with van der Waals surface area (Å²) in [5, 5.41) is 7.01. The topological polar surface area (TPSA) is 110 Å². The number of carbonyl (C=O) groups is 2. The third kappa shape index (κ3) is 7.99. The molecule has 2 saturated heterocycles. The van der Waals surface area contributed by atoms with Crippen molar-refractivity contribution in [3.8, 4) is 0 Å². The van der Waals surface area contributed by atoms with Gasteiger partial charge in [-0.25, -0.2) is 0 Å². The van der Waals surface area contributed by atoms with Crippen LogP contribution in [0.4, 0.5) is 11.9 Å². The number of piperazine rings is 2. The van der Waals surface area contributed by atoms with Gasteiger partial charge in [0.15, 0.2) is 0 Å². The fraction of sp³-hybridized carbons (Fsp3) is 0.828. The van der Waals surface area contributed by atoms with E-state index in [2.05, 4.69) is 85.8 Å². The van der Waals surface area contributed by atoms with Gasteiger partial charge in [-0.3, -0.25) is 20.2 Å². The van der Waals surface area contributed by atoms with E-state index in [4.69, 9.17) is 16.6 Å². The fourth-order valence-corrected chi connectivity index (χ4v) is 6.50. The van der Waals surface area contributed by atoms with Crippen molar-refractivity contribution in [3.63, 3.8) is 0 Å². The molecule has 2 aliphatic rings. The molecule has 12 heteroatoms. The molecule has 2 aliphatic heterocycles. The van der Waals surface area contributed by atoms with E-state index < -0.39 is 11.1 Å². The Balaban J connectivity index is 1.82. The van der Waals surface area contributed by atoms with Crippen molar-refractivity contribution in [3.05, 3.63) is 5.28 Å². The molecular weight excluding hydrogens is 542 g/mol. The number of hydrogen-bond donors (Lipinski definition) is 2. The Hall–Kier alpha value is -2.24. The van der Waals surface area contributed by atoms with Crippen molar-refractivity contribution in [1.29, 1.82) is 0 Å². The molecule has 1 aromatic rings. The first-order chi connectivity index (χ1) is 18.6. The van der Waals surface area contributed by atoms with Gasteiger partial charge in [-0.05, 0) is 94.7 Å².